The van der Waals surface area contributed by atoms with Crippen LogP contribution in [0.4, 0.5) is 0 Å². The minimum absolute atomic E-state index is 0.100. The van der Waals surface area contributed by atoms with Crippen molar-refractivity contribution in [2.75, 3.05) is 53.9 Å². The van der Waals surface area contributed by atoms with Gasteiger partial charge in [-0.25, -0.2) is 0 Å². The number of likely N-dealkylation sites (tertiary alicyclic amines) is 2. The van der Waals surface area contributed by atoms with Crippen molar-refractivity contribution in [3.63, 3.8) is 0 Å². The second-order valence-electron chi connectivity index (χ2n) is 8.59. The van der Waals surface area contributed by atoms with Crippen molar-refractivity contribution in [1.29, 1.82) is 0 Å². The Balaban J connectivity index is 1.38. The summed E-state index contributed by atoms with van der Waals surface area (Å²) in [7, 11) is 5.80. The normalized spacial score (nSPS) is 22.2. The van der Waals surface area contributed by atoms with E-state index >= 15 is 0 Å². The molecule has 1 unspecified atom stereocenters. The number of nitrogens with zero attached hydrogens (tertiary/aromatic N) is 3. The first-order valence-corrected chi connectivity index (χ1v) is 10.9. The first-order chi connectivity index (χ1) is 13.6. The van der Waals surface area contributed by atoms with Crippen molar-refractivity contribution >= 4 is 5.91 Å². The molecule has 1 aromatic rings. The summed E-state index contributed by atoms with van der Waals surface area (Å²) in [4.78, 5) is 19.6. The molecule has 2 fully saturated rings. The second-order valence-corrected chi connectivity index (χ2v) is 8.59. The predicted molar refractivity (Wildman–Crippen MR) is 114 cm³/mol. The maximum atomic E-state index is 12.8. The van der Waals surface area contributed by atoms with E-state index in [0.29, 0.717) is 11.8 Å². The zero-order valence-corrected chi connectivity index (χ0v) is 17.9. The van der Waals surface area contributed by atoms with E-state index in [2.05, 4.69) is 29.0 Å². The average Bonchev–Trinajstić information content (AvgIpc) is 2.73. The Morgan fingerprint density at radius 2 is 1.82 bits per heavy atom. The number of hydrogen-bond donors (Lipinski definition) is 0. The van der Waals surface area contributed by atoms with Gasteiger partial charge in [-0.1, -0.05) is 18.6 Å². The van der Waals surface area contributed by atoms with Gasteiger partial charge in [-0.3, -0.25) is 9.69 Å². The van der Waals surface area contributed by atoms with Gasteiger partial charge in [0.15, 0.2) is 0 Å². The van der Waals surface area contributed by atoms with Gasteiger partial charge < -0.3 is 14.5 Å². The summed E-state index contributed by atoms with van der Waals surface area (Å²) < 4.78 is 5.23. The smallest absolute Gasteiger partial charge is 0.239 e. The van der Waals surface area contributed by atoms with E-state index in [4.69, 9.17) is 4.74 Å². The largest absolute Gasteiger partial charge is 0.497 e. The van der Waals surface area contributed by atoms with Gasteiger partial charge in [-0.15, -0.1) is 0 Å². The number of ether oxygens (including phenoxy) is 1. The Hall–Kier alpha value is -1.59. The monoisotopic (exact) mass is 387 g/mol. The zero-order valence-electron chi connectivity index (χ0n) is 17.9. The number of amides is 1. The van der Waals surface area contributed by atoms with Crippen LogP contribution in [-0.4, -0.2) is 80.6 Å². The molecule has 2 aliphatic heterocycles. The van der Waals surface area contributed by atoms with E-state index in [1.807, 2.05) is 24.1 Å². The number of rotatable bonds is 7. The van der Waals surface area contributed by atoms with E-state index in [0.717, 1.165) is 51.3 Å². The summed E-state index contributed by atoms with van der Waals surface area (Å²) in [5.41, 5.74) is 1.37. The number of hydrogen-bond acceptors (Lipinski definition) is 4. The molecule has 0 aromatic heterocycles. The highest BCUT2D eigenvalue weighted by atomic mass is 16.5. The maximum Gasteiger partial charge on any atom is 0.239 e. The molecule has 0 spiro atoms. The van der Waals surface area contributed by atoms with Gasteiger partial charge in [0.2, 0.25) is 5.91 Å². The third-order valence-corrected chi connectivity index (χ3v) is 6.55. The van der Waals surface area contributed by atoms with Gasteiger partial charge in [-0.2, -0.15) is 0 Å². The lowest BCUT2D eigenvalue weighted by Crippen LogP contribution is -2.49. The number of likely N-dealkylation sites (N-methyl/N-ethyl adjacent to an activating group) is 2. The van der Waals surface area contributed by atoms with Gasteiger partial charge in [0.1, 0.15) is 5.75 Å². The summed E-state index contributed by atoms with van der Waals surface area (Å²) >= 11 is 0. The fraction of sp³-hybridized carbons (Fsp3) is 0.696. The van der Waals surface area contributed by atoms with Crippen molar-refractivity contribution in [3.05, 3.63) is 29.8 Å². The molecule has 0 N–H and O–H groups in total. The summed E-state index contributed by atoms with van der Waals surface area (Å²) in [6, 6.07) is 8.50. The third-order valence-electron chi connectivity index (χ3n) is 6.55. The molecule has 1 amide bonds. The highest BCUT2D eigenvalue weighted by Crippen LogP contribution is 2.21. The molecule has 156 valence electrons. The van der Waals surface area contributed by atoms with Crippen LogP contribution in [0.3, 0.4) is 0 Å². The van der Waals surface area contributed by atoms with Gasteiger partial charge >= 0.3 is 0 Å². The van der Waals surface area contributed by atoms with E-state index in [1.54, 1.807) is 7.11 Å². The van der Waals surface area contributed by atoms with Crippen molar-refractivity contribution in [2.24, 2.45) is 5.92 Å². The number of carbonyl (C=O) groups excluding carboxylic acids is 1. The van der Waals surface area contributed by atoms with E-state index in [9.17, 15) is 4.79 Å². The Morgan fingerprint density at radius 3 is 2.46 bits per heavy atom. The Kier molecular flexibility index (Phi) is 7.74. The van der Waals surface area contributed by atoms with Crippen LogP contribution in [-0.2, 0) is 11.2 Å². The Morgan fingerprint density at radius 1 is 1.11 bits per heavy atom. The van der Waals surface area contributed by atoms with Crippen LogP contribution >= 0.6 is 0 Å². The quantitative estimate of drug-likeness (QED) is 0.721. The summed E-state index contributed by atoms with van der Waals surface area (Å²) in [5.74, 6) is 1.88. The number of methoxy groups -OCH3 is 1. The lowest BCUT2D eigenvalue weighted by Gasteiger charge is -2.37. The predicted octanol–water partition coefficient (Wildman–Crippen LogP) is 2.89. The molecule has 28 heavy (non-hydrogen) atoms. The van der Waals surface area contributed by atoms with Crippen molar-refractivity contribution in [1.82, 2.24) is 14.7 Å². The lowest BCUT2D eigenvalue weighted by molar-refractivity contribution is -0.137. The molecular formula is C23H37N3O2. The summed E-state index contributed by atoms with van der Waals surface area (Å²) in [5, 5.41) is 0. The molecule has 0 aliphatic carbocycles. The van der Waals surface area contributed by atoms with Gasteiger partial charge in [0.05, 0.1) is 13.2 Å². The van der Waals surface area contributed by atoms with Crippen molar-refractivity contribution in [2.45, 2.75) is 44.6 Å². The molecule has 2 saturated heterocycles. The fourth-order valence-electron chi connectivity index (χ4n) is 4.59. The van der Waals surface area contributed by atoms with Crippen molar-refractivity contribution < 1.29 is 9.53 Å². The zero-order chi connectivity index (χ0) is 19.9. The molecule has 1 atom stereocenters. The first-order valence-electron chi connectivity index (χ1n) is 10.9. The van der Waals surface area contributed by atoms with Gasteiger partial charge in [-0.05, 0) is 82.4 Å². The van der Waals surface area contributed by atoms with Crippen LogP contribution in [0.15, 0.2) is 24.3 Å². The van der Waals surface area contributed by atoms with E-state index in [-0.39, 0.29) is 6.04 Å². The molecule has 0 bridgehead atoms. The number of carbonyl (C=O) groups is 1. The fourth-order valence-corrected chi connectivity index (χ4v) is 4.59. The third kappa shape index (κ3) is 5.71. The van der Waals surface area contributed by atoms with Crippen LogP contribution in [0, 0.1) is 5.92 Å². The molecule has 5 heteroatoms. The number of benzene rings is 1. The summed E-state index contributed by atoms with van der Waals surface area (Å²) in [6.07, 6.45) is 6.90. The topological polar surface area (TPSA) is 36.0 Å². The SMILES string of the molecule is COc1ccc(CCN2CCC(CN(C)C(=O)C3CCCCN3C)CC2)cc1. The van der Waals surface area contributed by atoms with Crippen LogP contribution < -0.4 is 4.74 Å². The Labute approximate surface area is 170 Å². The maximum absolute atomic E-state index is 12.8. The summed E-state index contributed by atoms with van der Waals surface area (Å²) in [6.45, 7) is 5.37. The molecule has 0 radical (unpaired) electrons. The van der Waals surface area contributed by atoms with Crippen LogP contribution in [0.5, 0.6) is 5.75 Å². The molecule has 2 aliphatic rings. The standard InChI is InChI=1S/C23H37N3O2/c1-24-14-5-4-6-22(24)23(27)25(2)18-20-12-16-26(17-13-20)15-11-19-7-9-21(28-3)10-8-19/h7-10,20,22H,4-6,11-18H2,1-3H3. The van der Waals surface area contributed by atoms with E-state index in [1.165, 1.54) is 31.2 Å². The molecule has 5 nitrogen and oxygen atoms in total. The van der Waals surface area contributed by atoms with E-state index < -0.39 is 0 Å². The van der Waals surface area contributed by atoms with Crippen molar-refractivity contribution in [3.8, 4) is 5.75 Å². The molecule has 1 aromatic carbocycles. The van der Waals surface area contributed by atoms with Gasteiger partial charge in [0, 0.05) is 20.1 Å². The molecule has 2 heterocycles. The average molecular weight is 388 g/mol. The molecule has 0 saturated carbocycles. The second kappa shape index (κ2) is 10.3. The van der Waals surface area contributed by atoms with Crippen LogP contribution in [0.2, 0.25) is 0 Å². The van der Waals surface area contributed by atoms with Gasteiger partial charge in [0.25, 0.3) is 0 Å². The minimum atomic E-state index is 0.100. The lowest BCUT2D eigenvalue weighted by atomic mass is 9.95. The number of piperidine rings is 2. The van der Waals surface area contributed by atoms with Crippen LogP contribution in [0.1, 0.15) is 37.7 Å². The Bertz CT molecular complexity index is 611. The molecule has 3 rings (SSSR count). The minimum Gasteiger partial charge on any atom is -0.497 e. The molecular weight excluding hydrogens is 350 g/mol. The highest BCUT2D eigenvalue weighted by molar-refractivity contribution is 5.81. The van der Waals surface area contributed by atoms with Crippen LogP contribution in [0.25, 0.3) is 0 Å². The highest BCUT2D eigenvalue weighted by Gasteiger charge is 2.30. The first kappa shape index (κ1) is 21.1.